The average Bonchev–Trinajstić information content (AvgIpc) is 2.30. The maximum absolute atomic E-state index is 12.8. The molecule has 0 saturated carbocycles. The smallest absolute Gasteiger partial charge is 0.341 e. The Balaban J connectivity index is 2.67. The summed E-state index contributed by atoms with van der Waals surface area (Å²) in [7, 11) is 0. The fourth-order valence-electron chi connectivity index (χ4n) is 1.69. The molecule has 0 unspecified atom stereocenters. The summed E-state index contributed by atoms with van der Waals surface area (Å²) < 4.78 is 14.0. The van der Waals surface area contributed by atoms with Crippen molar-refractivity contribution in [2.45, 2.75) is 6.92 Å². The third kappa shape index (κ3) is 2.02. The van der Waals surface area contributed by atoms with E-state index in [1.165, 1.54) is 41.1 Å². The molecule has 0 radical (unpaired) electrons. The van der Waals surface area contributed by atoms with Crippen molar-refractivity contribution < 1.29 is 14.3 Å². The van der Waals surface area contributed by atoms with Gasteiger partial charge in [0.05, 0.1) is 0 Å². The third-order valence-corrected chi connectivity index (χ3v) is 2.62. The fraction of sp³-hybridized carbons (Fsp3) is 0.0769. The minimum atomic E-state index is -1.27. The number of rotatable bonds is 2. The van der Waals surface area contributed by atoms with Gasteiger partial charge in [-0.25, -0.2) is 9.18 Å². The first-order chi connectivity index (χ1) is 8.50. The minimum absolute atomic E-state index is 0.276. The largest absolute Gasteiger partial charge is 0.477 e. The molecule has 0 aliphatic heterocycles. The lowest BCUT2D eigenvalue weighted by atomic mass is 10.1. The van der Waals surface area contributed by atoms with Crippen LogP contribution in [0.1, 0.15) is 15.9 Å². The number of pyridine rings is 1. The number of benzene rings is 1. The molecule has 1 heterocycles. The topological polar surface area (TPSA) is 59.3 Å². The van der Waals surface area contributed by atoms with Gasteiger partial charge in [-0.3, -0.25) is 9.36 Å². The summed E-state index contributed by atoms with van der Waals surface area (Å²) in [4.78, 5) is 23.0. The molecule has 92 valence electrons. The SMILES string of the molecule is Cc1ccn(-c2ccc(F)cc2)c(=O)c1C(=O)O. The van der Waals surface area contributed by atoms with Crippen LogP contribution in [0.15, 0.2) is 41.3 Å². The van der Waals surface area contributed by atoms with Gasteiger partial charge in [-0.2, -0.15) is 0 Å². The van der Waals surface area contributed by atoms with Crippen molar-refractivity contribution >= 4 is 5.97 Å². The first-order valence-electron chi connectivity index (χ1n) is 5.22. The molecule has 0 saturated heterocycles. The van der Waals surface area contributed by atoms with E-state index in [1.807, 2.05) is 0 Å². The molecule has 4 nitrogen and oxygen atoms in total. The van der Waals surface area contributed by atoms with Gasteiger partial charge < -0.3 is 5.11 Å². The van der Waals surface area contributed by atoms with Crippen LogP contribution < -0.4 is 5.56 Å². The highest BCUT2D eigenvalue weighted by Gasteiger charge is 2.14. The number of carbonyl (C=O) groups is 1. The number of aromatic carboxylic acids is 1. The van der Waals surface area contributed by atoms with E-state index in [9.17, 15) is 14.0 Å². The van der Waals surface area contributed by atoms with Crippen LogP contribution in [0.4, 0.5) is 4.39 Å². The molecule has 2 aromatic rings. The Morgan fingerprint density at radius 3 is 2.39 bits per heavy atom. The quantitative estimate of drug-likeness (QED) is 0.882. The summed E-state index contributed by atoms with van der Waals surface area (Å²) in [6.45, 7) is 1.56. The number of hydrogen-bond donors (Lipinski definition) is 1. The van der Waals surface area contributed by atoms with Gasteiger partial charge in [0, 0.05) is 11.9 Å². The molecule has 0 fully saturated rings. The monoisotopic (exact) mass is 247 g/mol. The van der Waals surface area contributed by atoms with Crippen molar-refractivity contribution in [3.05, 3.63) is 63.8 Å². The third-order valence-electron chi connectivity index (χ3n) is 2.62. The molecule has 5 heteroatoms. The van der Waals surface area contributed by atoms with Crippen LogP contribution in [-0.2, 0) is 0 Å². The summed E-state index contributed by atoms with van der Waals surface area (Å²) >= 11 is 0. The zero-order chi connectivity index (χ0) is 13.3. The van der Waals surface area contributed by atoms with Crippen LogP contribution in [-0.4, -0.2) is 15.6 Å². The zero-order valence-electron chi connectivity index (χ0n) is 9.55. The molecule has 0 atom stereocenters. The number of hydrogen-bond acceptors (Lipinski definition) is 2. The molecular formula is C13H10FNO3. The molecule has 1 aromatic heterocycles. The summed E-state index contributed by atoms with van der Waals surface area (Å²) in [5.74, 6) is -1.69. The molecule has 2 rings (SSSR count). The lowest BCUT2D eigenvalue weighted by Crippen LogP contribution is -2.26. The average molecular weight is 247 g/mol. The molecule has 1 N–H and O–H groups in total. The number of carboxylic acids is 1. The predicted octanol–water partition coefficient (Wildman–Crippen LogP) is 1.98. The standard InChI is InChI=1S/C13H10FNO3/c1-8-6-7-15(12(16)11(8)13(17)18)10-4-2-9(14)3-5-10/h2-7H,1H3,(H,17,18). The Kier molecular flexibility index (Phi) is 2.97. The van der Waals surface area contributed by atoms with E-state index in [2.05, 4.69) is 0 Å². The van der Waals surface area contributed by atoms with E-state index in [0.717, 1.165) is 0 Å². The number of carboxylic acid groups (broad SMARTS) is 1. The van der Waals surface area contributed by atoms with Crippen molar-refractivity contribution in [1.82, 2.24) is 4.57 Å². The lowest BCUT2D eigenvalue weighted by Gasteiger charge is -2.08. The first-order valence-corrected chi connectivity index (χ1v) is 5.22. The maximum atomic E-state index is 12.8. The van der Waals surface area contributed by atoms with E-state index >= 15 is 0 Å². The Morgan fingerprint density at radius 2 is 1.83 bits per heavy atom. The number of aromatic nitrogens is 1. The van der Waals surface area contributed by atoms with Crippen LogP contribution in [0.5, 0.6) is 0 Å². The lowest BCUT2D eigenvalue weighted by molar-refractivity contribution is 0.0694. The van der Waals surface area contributed by atoms with Crippen molar-refractivity contribution in [2.75, 3.05) is 0 Å². The molecule has 0 aliphatic rings. The number of aryl methyl sites for hydroxylation is 1. The van der Waals surface area contributed by atoms with E-state index < -0.39 is 17.3 Å². The van der Waals surface area contributed by atoms with Crippen LogP contribution >= 0.6 is 0 Å². The second kappa shape index (κ2) is 4.44. The fourth-order valence-corrected chi connectivity index (χ4v) is 1.69. The molecule has 18 heavy (non-hydrogen) atoms. The van der Waals surface area contributed by atoms with Crippen molar-refractivity contribution in [2.24, 2.45) is 0 Å². The van der Waals surface area contributed by atoms with Crippen LogP contribution in [0.3, 0.4) is 0 Å². The van der Waals surface area contributed by atoms with Gasteiger partial charge in [-0.15, -0.1) is 0 Å². The summed E-state index contributed by atoms with van der Waals surface area (Å²) in [5, 5.41) is 8.99. The van der Waals surface area contributed by atoms with Crippen LogP contribution in [0, 0.1) is 12.7 Å². The maximum Gasteiger partial charge on any atom is 0.341 e. The van der Waals surface area contributed by atoms with Gasteiger partial charge in [0.2, 0.25) is 0 Å². The van der Waals surface area contributed by atoms with E-state index in [1.54, 1.807) is 6.92 Å². The van der Waals surface area contributed by atoms with Gasteiger partial charge in [-0.05, 0) is 42.8 Å². The number of halogens is 1. The molecule has 0 aliphatic carbocycles. The highest BCUT2D eigenvalue weighted by Crippen LogP contribution is 2.09. The van der Waals surface area contributed by atoms with Gasteiger partial charge >= 0.3 is 5.97 Å². The van der Waals surface area contributed by atoms with Crippen LogP contribution in [0.2, 0.25) is 0 Å². The highest BCUT2D eigenvalue weighted by molar-refractivity contribution is 5.88. The van der Waals surface area contributed by atoms with Crippen molar-refractivity contribution in [1.29, 1.82) is 0 Å². The van der Waals surface area contributed by atoms with Gasteiger partial charge in [0.25, 0.3) is 5.56 Å². The molecule has 0 spiro atoms. The van der Waals surface area contributed by atoms with Gasteiger partial charge in [-0.1, -0.05) is 0 Å². The Morgan fingerprint density at radius 1 is 1.22 bits per heavy atom. The normalized spacial score (nSPS) is 10.3. The van der Waals surface area contributed by atoms with Crippen molar-refractivity contribution in [3.63, 3.8) is 0 Å². The predicted molar refractivity (Wildman–Crippen MR) is 63.7 cm³/mol. The number of nitrogens with zero attached hydrogens (tertiary/aromatic N) is 1. The molecule has 1 aromatic carbocycles. The molecular weight excluding hydrogens is 237 g/mol. The zero-order valence-corrected chi connectivity index (χ0v) is 9.55. The second-order valence-corrected chi connectivity index (χ2v) is 3.83. The Labute approximate surface area is 102 Å². The van der Waals surface area contributed by atoms with E-state index in [-0.39, 0.29) is 5.56 Å². The molecule has 0 amide bonds. The van der Waals surface area contributed by atoms with Crippen LogP contribution in [0.25, 0.3) is 5.69 Å². The Bertz CT molecular complexity index is 659. The summed E-state index contributed by atoms with van der Waals surface area (Å²) in [6.07, 6.45) is 1.47. The minimum Gasteiger partial charge on any atom is -0.477 e. The van der Waals surface area contributed by atoms with Gasteiger partial charge in [0.15, 0.2) is 0 Å². The van der Waals surface area contributed by atoms with Gasteiger partial charge in [0.1, 0.15) is 11.4 Å². The van der Waals surface area contributed by atoms with Crippen molar-refractivity contribution in [3.8, 4) is 5.69 Å². The summed E-state index contributed by atoms with van der Waals surface area (Å²) in [5.41, 5.74) is -0.0919. The second-order valence-electron chi connectivity index (χ2n) is 3.83. The highest BCUT2D eigenvalue weighted by atomic mass is 19.1. The molecule has 0 bridgehead atoms. The van der Waals surface area contributed by atoms with E-state index in [4.69, 9.17) is 5.11 Å². The first kappa shape index (κ1) is 12.0. The van der Waals surface area contributed by atoms with E-state index in [0.29, 0.717) is 11.3 Å². The summed E-state index contributed by atoms with van der Waals surface area (Å²) in [6, 6.07) is 6.79. The Hall–Kier alpha value is -2.43.